The summed E-state index contributed by atoms with van der Waals surface area (Å²) in [6.07, 6.45) is 0.0593. The number of anilines is 1. The van der Waals surface area contributed by atoms with Crippen LogP contribution < -0.4 is 10.6 Å². The van der Waals surface area contributed by atoms with Crippen molar-refractivity contribution in [1.29, 1.82) is 0 Å². The molecule has 20 heavy (non-hydrogen) atoms. The van der Waals surface area contributed by atoms with Crippen LogP contribution in [0.25, 0.3) is 10.3 Å². The van der Waals surface area contributed by atoms with Crippen LogP contribution in [0.3, 0.4) is 0 Å². The van der Waals surface area contributed by atoms with Crippen molar-refractivity contribution in [3.63, 3.8) is 0 Å². The lowest BCUT2D eigenvalue weighted by Gasteiger charge is -2.16. The Kier molecular flexibility index (Phi) is 3.23. The van der Waals surface area contributed by atoms with Gasteiger partial charge in [-0.15, -0.1) is 0 Å². The van der Waals surface area contributed by atoms with Gasteiger partial charge in [0.05, 0.1) is 23.1 Å². The van der Waals surface area contributed by atoms with Crippen LogP contribution in [0.5, 0.6) is 0 Å². The molecule has 0 unspecified atom stereocenters. The fourth-order valence-corrected chi connectivity index (χ4v) is 3.54. The molecule has 1 aliphatic rings. The molecule has 8 heteroatoms. The molecule has 1 fully saturated rings. The van der Waals surface area contributed by atoms with Crippen LogP contribution in [0.1, 0.15) is 25.3 Å². The summed E-state index contributed by atoms with van der Waals surface area (Å²) in [4.78, 5) is 20.4. The highest BCUT2D eigenvalue weighted by atomic mass is 32.1. The first-order chi connectivity index (χ1) is 9.51. The van der Waals surface area contributed by atoms with Gasteiger partial charge in [-0.25, -0.2) is 4.98 Å². The number of rotatable bonds is 2. The van der Waals surface area contributed by atoms with E-state index in [1.54, 1.807) is 6.92 Å². The number of nitrogen functional groups attached to an aromatic ring is 1. The number of nitrogens with two attached hydrogens (primary N) is 1. The second-order valence-corrected chi connectivity index (χ2v) is 6.06. The molecule has 0 amide bonds. The van der Waals surface area contributed by atoms with Crippen molar-refractivity contribution in [1.82, 2.24) is 14.5 Å². The van der Waals surface area contributed by atoms with Gasteiger partial charge in [0.2, 0.25) is 5.95 Å². The lowest BCUT2D eigenvalue weighted by molar-refractivity contribution is -0.0302. The molecule has 3 rings (SSSR count). The highest BCUT2D eigenvalue weighted by Gasteiger charge is 2.35. The number of hydrogen-bond donors (Lipinski definition) is 2. The molecule has 0 saturated carbocycles. The lowest BCUT2D eigenvalue weighted by atomic mass is 10.1. The van der Waals surface area contributed by atoms with Crippen molar-refractivity contribution in [2.45, 2.75) is 32.6 Å². The molecule has 2 aromatic heterocycles. The zero-order chi connectivity index (χ0) is 14.4. The van der Waals surface area contributed by atoms with Gasteiger partial charge in [0.1, 0.15) is 6.23 Å². The summed E-state index contributed by atoms with van der Waals surface area (Å²) in [5.41, 5.74) is 6.88. The van der Waals surface area contributed by atoms with Crippen molar-refractivity contribution in [2.75, 3.05) is 12.3 Å². The second-order valence-electron chi connectivity index (χ2n) is 5.10. The number of nitrogens with zero attached hydrogens (tertiary/aromatic N) is 3. The van der Waals surface area contributed by atoms with Gasteiger partial charge in [-0.05, 0) is 13.3 Å². The van der Waals surface area contributed by atoms with E-state index < -0.39 is 6.23 Å². The normalized spacial score (nSPS) is 26.4. The summed E-state index contributed by atoms with van der Waals surface area (Å²) in [6.45, 7) is 3.75. The van der Waals surface area contributed by atoms with Crippen molar-refractivity contribution in [3.05, 3.63) is 15.4 Å². The first kappa shape index (κ1) is 13.5. The lowest BCUT2D eigenvalue weighted by Crippen LogP contribution is -2.24. The number of thiazole rings is 1. The van der Waals surface area contributed by atoms with E-state index in [0.717, 1.165) is 16.0 Å². The van der Waals surface area contributed by atoms with E-state index in [9.17, 15) is 9.90 Å². The number of fused-ring (bicyclic) bond motifs is 1. The topological polar surface area (TPSA) is 103 Å². The minimum absolute atomic E-state index is 0.0478. The minimum atomic E-state index is -0.415. The van der Waals surface area contributed by atoms with Crippen molar-refractivity contribution in [2.24, 2.45) is 5.92 Å². The fourth-order valence-electron chi connectivity index (χ4n) is 2.65. The average Bonchev–Trinajstić information content (AvgIpc) is 2.89. The number of aliphatic hydroxyl groups excluding tert-OH is 1. The van der Waals surface area contributed by atoms with Gasteiger partial charge < -0.3 is 15.6 Å². The standard InChI is InChI=1S/C12H16N4O3S/c1-5-3-7(4-17)19-10(5)16-9-8(20-12(16)18)6(2)14-11(13)15-9/h5,7,10,17H,3-4H2,1-2H3,(H2,13,14,15)/t5-,7+,10-/m1/s1. The second kappa shape index (κ2) is 4.80. The van der Waals surface area contributed by atoms with Crippen LogP contribution in [-0.4, -0.2) is 32.4 Å². The molecular formula is C12H16N4O3S. The highest BCUT2D eigenvalue weighted by molar-refractivity contribution is 7.16. The maximum atomic E-state index is 12.3. The van der Waals surface area contributed by atoms with Crippen molar-refractivity contribution >= 4 is 27.6 Å². The van der Waals surface area contributed by atoms with Gasteiger partial charge in [-0.2, -0.15) is 4.98 Å². The molecule has 0 spiro atoms. The van der Waals surface area contributed by atoms with Gasteiger partial charge in [0, 0.05) is 5.92 Å². The summed E-state index contributed by atoms with van der Waals surface area (Å²) in [5.74, 6) is 0.269. The van der Waals surface area contributed by atoms with Crippen molar-refractivity contribution < 1.29 is 9.84 Å². The quantitative estimate of drug-likeness (QED) is 0.844. The van der Waals surface area contributed by atoms with E-state index in [-0.39, 0.29) is 29.5 Å². The van der Waals surface area contributed by atoms with Crippen LogP contribution in [0.2, 0.25) is 0 Å². The van der Waals surface area contributed by atoms with E-state index in [0.29, 0.717) is 17.8 Å². The van der Waals surface area contributed by atoms with Crippen molar-refractivity contribution in [3.8, 4) is 0 Å². The predicted molar refractivity (Wildman–Crippen MR) is 75.6 cm³/mol. The Morgan fingerprint density at radius 1 is 1.55 bits per heavy atom. The molecule has 0 aromatic carbocycles. The maximum Gasteiger partial charge on any atom is 0.311 e. The molecule has 0 aliphatic carbocycles. The number of aryl methyl sites for hydroxylation is 1. The Morgan fingerprint density at radius 3 is 2.95 bits per heavy atom. The molecule has 0 radical (unpaired) electrons. The average molecular weight is 296 g/mol. The van der Waals surface area contributed by atoms with Gasteiger partial charge >= 0.3 is 4.87 Å². The van der Waals surface area contributed by atoms with Gasteiger partial charge in [0.25, 0.3) is 0 Å². The molecule has 0 bridgehead atoms. The Bertz CT molecular complexity index is 711. The number of aromatic nitrogens is 3. The third-order valence-corrected chi connectivity index (χ3v) is 4.61. The van der Waals surface area contributed by atoms with E-state index in [4.69, 9.17) is 10.5 Å². The van der Waals surface area contributed by atoms with Crippen LogP contribution in [-0.2, 0) is 4.74 Å². The largest absolute Gasteiger partial charge is 0.394 e. The minimum Gasteiger partial charge on any atom is -0.394 e. The number of ether oxygens (including phenoxy) is 1. The third-order valence-electron chi connectivity index (χ3n) is 3.56. The van der Waals surface area contributed by atoms with E-state index in [1.807, 2.05) is 6.92 Å². The summed E-state index contributed by atoms with van der Waals surface area (Å²) in [7, 11) is 0. The van der Waals surface area contributed by atoms with E-state index in [2.05, 4.69) is 9.97 Å². The van der Waals surface area contributed by atoms with E-state index >= 15 is 0 Å². The van der Waals surface area contributed by atoms with Crippen LogP contribution in [0, 0.1) is 12.8 Å². The summed E-state index contributed by atoms with van der Waals surface area (Å²) in [5, 5.41) is 9.21. The monoisotopic (exact) mass is 296 g/mol. The maximum absolute atomic E-state index is 12.3. The Hall–Kier alpha value is -1.51. The van der Waals surface area contributed by atoms with Gasteiger partial charge in [-0.3, -0.25) is 9.36 Å². The van der Waals surface area contributed by atoms with Crippen LogP contribution in [0.4, 0.5) is 5.95 Å². The molecular weight excluding hydrogens is 280 g/mol. The Morgan fingerprint density at radius 2 is 2.30 bits per heavy atom. The molecule has 1 saturated heterocycles. The Balaban J connectivity index is 2.17. The molecule has 7 nitrogen and oxygen atoms in total. The fraction of sp³-hybridized carbons (Fsp3) is 0.583. The summed E-state index contributed by atoms with van der Waals surface area (Å²) in [6, 6.07) is 0. The zero-order valence-electron chi connectivity index (χ0n) is 11.2. The molecule has 3 atom stereocenters. The SMILES string of the molecule is Cc1nc(N)nc2c1sc(=O)n2[C@@H]1O[C@H](CO)C[C@H]1C. The third kappa shape index (κ3) is 2.00. The van der Waals surface area contributed by atoms with E-state index in [1.165, 1.54) is 4.57 Å². The molecule has 108 valence electrons. The first-order valence-corrected chi connectivity index (χ1v) is 7.24. The molecule has 3 N–H and O–H groups in total. The smallest absolute Gasteiger partial charge is 0.311 e. The predicted octanol–water partition coefficient (Wildman–Crippen LogP) is 0.660. The van der Waals surface area contributed by atoms with Gasteiger partial charge in [-0.1, -0.05) is 18.3 Å². The highest BCUT2D eigenvalue weighted by Crippen LogP contribution is 2.35. The molecule has 1 aliphatic heterocycles. The van der Waals surface area contributed by atoms with Crippen LogP contribution >= 0.6 is 11.3 Å². The molecule has 2 aromatic rings. The number of hydrogen-bond acceptors (Lipinski definition) is 7. The summed E-state index contributed by atoms with van der Waals surface area (Å²) < 4.78 is 8.02. The Labute approximate surface area is 119 Å². The van der Waals surface area contributed by atoms with Crippen LogP contribution in [0.15, 0.2) is 4.79 Å². The summed E-state index contributed by atoms with van der Waals surface area (Å²) >= 11 is 1.10. The zero-order valence-corrected chi connectivity index (χ0v) is 12.1. The molecule has 3 heterocycles. The number of aliphatic hydroxyl groups is 1. The first-order valence-electron chi connectivity index (χ1n) is 6.42. The van der Waals surface area contributed by atoms with Gasteiger partial charge in [0.15, 0.2) is 5.65 Å².